The van der Waals surface area contributed by atoms with Crippen molar-refractivity contribution < 1.29 is 9.21 Å². The fourth-order valence-corrected chi connectivity index (χ4v) is 2.51. The van der Waals surface area contributed by atoms with Gasteiger partial charge in [-0.2, -0.15) is 0 Å². The Morgan fingerprint density at radius 3 is 2.78 bits per heavy atom. The third-order valence-electron chi connectivity index (χ3n) is 3.41. The topological polar surface area (TPSA) is 59.5 Å². The molecule has 2 rings (SSSR count). The van der Waals surface area contributed by atoms with Gasteiger partial charge in [-0.25, -0.2) is 0 Å². The van der Waals surface area contributed by atoms with E-state index in [1.165, 1.54) is 6.26 Å². The highest BCUT2D eigenvalue weighted by Crippen LogP contribution is 2.29. The molecule has 0 aromatic carbocycles. The molecule has 2 N–H and O–H groups in total. The highest BCUT2D eigenvalue weighted by atomic mass is 79.9. The molecule has 0 aliphatic carbocycles. The number of rotatable bonds is 1. The molecule has 6 heteroatoms. The van der Waals surface area contributed by atoms with E-state index in [1.54, 1.807) is 6.07 Å². The molecule has 4 nitrogen and oxygen atoms in total. The van der Waals surface area contributed by atoms with Crippen molar-refractivity contribution in [1.82, 2.24) is 4.90 Å². The molecule has 1 saturated heterocycles. The summed E-state index contributed by atoms with van der Waals surface area (Å²) in [4.78, 5) is 14.0. The molecule has 0 radical (unpaired) electrons. The van der Waals surface area contributed by atoms with Gasteiger partial charge in [0.2, 0.25) is 5.76 Å². The van der Waals surface area contributed by atoms with Crippen LogP contribution in [0.25, 0.3) is 0 Å². The summed E-state index contributed by atoms with van der Waals surface area (Å²) in [5, 5.41) is 0. The summed E-state index contributed by atoms with van der Waals surface area (Å²) in [6.45, 7) is 5.54. The van der Waals surface area contributed by atoms with E-state index in [9.17, 15) is 4.79 Å². The molecule has 1 unspecified atom stereocenters. The summed E-state index contributed by atoms with van der Waals surface area (Å²) in [6.07, 6.45) is 2.34. The van der Waals surface area contributed by atoms with Gasteiger partial charge in [0.15, 0.2) is 0 Å². The van der Waals surface area contributed by atoms with Crippen LogP contribution in [0.1, 0.15) is 30.8 Å². The Balaban J connectivity index is 0.00000162. The van der Waals surface area contributed by atoms with E-state index in [1.807, 2.05) is 4.90 Å². The normalized spacial score (nSPS) is 22.4. The van der Waals surface area contributed by atoms with Crippen LogP contribution in [0, 0.1) is 5.41 Å². The molecule has 18 heavy (non-hydrogen) atoms. The average molecular weight is 338 g/mol. The zero-order valence-electron chi connectivity index (χ0n) is 10.5. The molecule has 0 bridgehead atoms. The molecular formula is C12H18BrClN2O2. The van der Waals surface area contributed by atoms with Crippen molar-refractivity contribution >= 4 is 34.2 Å². The predicted octanol–water partition coefficient (Wildman–Crippen LogP) is 2.66. The van der Waals surface area contributed by atoms with Gasteiger partial charge in [-0.1, -0.05) is 13.8 Å². The van der Waals surface area contributed by atoms with E-state index in [4.69, 9.17) is 10.2 Å². The Bertz CT molecular complexity index is 433. The summed E-state index contributed by atoms with van der Waals surface area (Å²) in [6, 6.07) is 1.88. The number of carbonyl (C=O) groups excluding carboxylic acids is 1. The first-order valence-corrected chi connectivity index (χ1v) is 6.49. The van der Waals surface area contributed by atoms with Crippen LogP contribution in [-0.2, 0) is 0 Å². The fraction of sp³-hybridized carbons (Fsp3) is 0.583. The van der Waals surface area contributed by atoms with Gasteiger partial charge in [0.1, 0.15) is 0 Å². The summed E-state index contributed by atoms with van der Waals surface area (Å²) in [5.41, 5.74) is 6.00. The van der Waals surface area contributed by atoms with Gasteiger partial charge in [-0.15, -0.1) is 12.4 Å². The highest BCUT2D eigenvalue weighted by Gasteiger charge is 2.36. The van der Waals surface area contributed by atoms with E-state index in [-0.39, 0.29) is 29.8 Å². The number of nitrogens with two attached hydrogens (primary N) is 1. The lowest BCUT2D eigenvalue weighted by Gasteiger charge is -2.42. The van der Waals surface area contributed by atoms with Gasteiger partial charge in [0.05, 0.1) is 10.7 Å². The molecule has 1 aliphatic rings. The first kappa shape index (κ1) is 15.5. The van der Waals surface area contributed by atoms with Crippen molar-refractivity contribution in [3.05, 3.63) is 22.6 Å². The maximum Gasteiger partial charge on any atom is 0.290 e. The van der Waals surface area contributed by atoms with Gasteiger partial charge >= 0.3 is 0 Å². The maximum absolute atomic E-state index is 12.2. The number of hydrogen-bond donors (Lipinski definition) is 1. The Hall–Kier alpha value is -0.520. The fourth-order valence-electron chi connectivity index (χ4n) is 2.14. The van der Waals surface area contributed by atoms with Gasteiger partial charge < -0.3 is 15.1 Å². The summed E-state index contributed by atoms with van der Waals surface area (Å²) >= 11 is 3.31. The van der Waals surface area contributed by atoms with E-state index in [2.05, 4.69) is 29.8 Å². The van der Waals surface area contributed by atoms with Gasteiger partial charge in [-0.05, 0) is 33.8 Å². The lowest BCUT2D eigenvalue weighted by Crippen LogP contribution is -2.54. The molecule has 1 aromatic rings. The second-order valence-electron chi connectivity index (χ2n) is 5.21. The summed E-state index contributed by atoms with van der Waals surface area (Å²) in [7, 11) is 0. The first-order chi connectivity index (χ1) is 7.92. The second-order valence-corrected chi connectivity index (χ2v) is 6.06. The number of nitrogens with zero attached hydrogens (tertiary/aromatic N) is 1. The molecule has 1 aliphatic heterocycles. The predicted molar refractivity (Wildman–Crippen MR) is 75.9 cm³/mol. The van der Waals surface area contributed by atoms with Crippen molar-refractivity contribution in [2.24, 2.45) is 11.1 Å². The Labute approximate surface area is 121 Å². The van der Waals surface area contributed by atoms with Crippen molar-refractivity contribution in [2.75, 3.05) is 13.1 Å². The second kappa shape index (κ2) is 5.63. The maximum atomic E-state index is 12.2. The zero-order chi connectivity index (χ0) is 12.6. The van der Waals surface area contributed by atoms with E-state index < -0.39 is 0 Å². The monoisotopic (exact) mass is 336 g/mol. The molecule has 1 fully saturated rings. The number of furan rings is 1. The van der Waals surface area contributed by atoms with Crippen molar-refractivity contribution in [3.63, 3.8) is 0 Å². The van der Waals surface area contributed by atoms with Gasteiger partial charge in [0.25, 0.3) is 5.91 Å². The first-order valence-electron chi connectivity index (χ1n) is 5.69. The largest absolute Gasteiger partial charge is 0.458 e. The standard InChI is InChI=1S/C12H17BrN2O2.ClH/c1-12(2)7-15(5-3-9(12)14)11(16)10-8(13)4-6-17-10;/h4,6,9H,3,5,7,14H2,1-2H3;1H. The molecular weight excluding hydrogens is 320 g/mol. The van der Waals surface area contributed by atoms with E-state index in [0.29, 0.717) is 23.3 Å². The molecule has 2 heterocycles. The number of amides is 1. The van der Waals surface area contributed by atoms with E-state index in [0.717, 1.165) is 6.42 Å². The third-order valence-corrected chi connectivity index (χ3v) is 4.04. The van der Waals surface area contributed by atoms with E-state index >= 15 is 0 Å². The van der Waals surface area contributed by atoms with Crippen LogP contribution >= 0.6 is 28.3 Å². The minimum Gasteiger partial charge on any atom is -0.458 e. The van der Waals surface area contributed by atoms with Crippen molar-refractivity contribution in [1.29, 1.82) is 0 Å². The Morgan fingerprint density at radius 2 is 2.28 bits per heavy atom. The lowest BCUT2D eigenvalue weighted by atomic mass is 9.79. The zero-order valence-corrected chi connectivity index (χ0v) is 12.9. The van der Waals surface area contributed by atoms with Gasteiger partial charge in [-0.3, -0.25) is 4.79 Å². The van der Waals surface area contributed by atoms with Crippen LogP contribution in [0.2, 0.25) is 0 Å². The molecule has 1 aromatic heterocycles. The number of likely N-dealkylation sites (tertiary alicyclic amines) is 1. The summed E-state index contributed by atoms with van der Waals surface area (Å²) < 4.78 is 5.91. The minimum atomic E-state index is -0.0677. The van der Waals surface area contributed by atoms with Gasteiger partial charge in [0, 0.05) is 19.1 Å². The van der Waals surface area contributed by atoms with Crippen LogP contribution in [0.5, 0.6) is 0 Å². The highest BCUT2D eigenvalue weighted by molar-refractivity contribution is 9.10. The van der Waals surface area contributed by atoms with Crippen molar-refractivity contribution in [3.8, 4) is 0 Å². The quantitative estimate of drug-likeness (QED) is 0.857. The molecule has 0 saturated carbocycles. The number of piperidine rings is 1. The minimum absolute atomic E-state index is 0. The Morgan fingerprint density at radius 1 is 1.61 bits per heavy atom. The lowest BCUT2D eigenvalue weighted by molar-refractivity contribution is 0.0502. The molecule has 1 amide bonds. The van der Waals surface area contributed by atoms with Crippen LogP contribution in [0.4, 0.5) is 0 Å². The van der Waals surface area contributed by atoms with Crippen LogP contribution < -0.4 is 5.73 Å². The average Bonchev–Trinajstić information content (AvgIpc) is 2.67. The third kappa shape index (κ3) is 2.90. The van der Waals surface area contributed by atoms with Crippen molar-refractivity contribution in [2.45, 2.75) is 26.3 Å². The van der Waals surface area contributed by atoms with Crippen LogP contribution in [0.3, 0.4) is 0 Å². The number of halogens is 2. The Kier molecular flexibility index (Phi) is 4.86. The SMILES string of the molecule is CC1(C)CN(C(=O)c2occc2Br)CCC1N.Cl. The smallest absolute Gasteiger partial charge is 0.290 e. The van der Waals surface area contributed by atoms with Crippen LogP contribution in [0.15, 0.2) is 21.2 Å². The molecule has 102 valence electrons. The number of hydrogen-bond acceptors (Lipinski definition) is 3. The molecule has 0 spiro atoms. The summed E-state index contributed by atoms with van der Waals surface area (Å²) in [5.74, 6) is 0.304. The molecule has 1 atom stereocenters. The number of carbonyl (C=O) groups is 1. The van der Waals surface area contributed by atoms with Crippen LogP contribution in [-0.4, -0.2) is 29.9 Å².